The molecule has 0 saturated heterocycles. The first-order chi connectivity index (χ1) is 10.2. The van der Waals surface area contributed by atoms with Crippen molar-refractivity contribution in [2.75, 3.05) is 20.7 Å². The molecule has 21 heavy (non-hydrogen) atoms. The highest BCUT2D eigenvalue weighted by Crippen LogP contribution is 2.23. The third-order valence-electron chi connectivity index (χ3n) is 3.72. The zero-order valence-electron chi connectivity index (χ0n) is 12.6. The molecule has 0 heterocycles. The SMILES string of the molecule is CNCC(CCc1ccc(OC)c(F)c1)c1ccccc1. The molecule has 0 aliphatic heterocycles. The number of halogens is 1. The first-order valence-electron chi connectivity index (χ1n) is 7.26. The van der Waals surface area contributed by atoms with E-state index in [1.807, 2.05) is 19.2 Å². The maximum atomic E-state index is 13.7. The molecule has 1 unspecified atom stereocenters. The van der Waals surface area contributed by atoms with Crippen molar-refractivity contribution in [3.8, 4) is 5.75 Å². The van der Waals surface area contributed by atoms with Crippen molar-refractivity contribution in [2.45, 2.75) is 18.8 Å². The van der Waals surface area contributed by atoms with Crippen molar-refractivity contribution in [1.82, 2.24) is 5.32 Å². The maximum Gasteiger partial charge on any atom is 0.165 e. The second-order valence-electron chi connectivity index (χ2n) is 5.17. The van der Waals surface area contributed by atoms with E-state index in [1.54, 1.807) is 12.1 Å². The molecule has 112 valence electrons. The monoisotopic (exact) mass is 287 g/mol. The minimum atomic E-state index is -0.292. The third-order valence-corrected chi connectivity index (χ3v) is 3.72. The fourth-order valence-electron chi connectivity index (χ4n) is 2.56. The van der Waals surface area contributed by atoms with Gasteiger partial charge in [-0.25, -0.2) is 4.39 Å². The van der Waals surface area contributed by atoms with E-state index >= 15 is 0 Å². The molecular formula is C18H22FNO. The minimum Gasteiger partial charge on any atom is -0.494 e. The summed E-state index contributed by atoms with van der Waals surface area (Å²) in [6.07, 6.45) is 1.83. The molecular weight excluding hydrogens is 265 g/mol. The van der Waals surface area contributed by atoms with Crippen LogP contribution in [0.15, 0.2) is 48.5 Å². The van der Waals surface area contributed by atoms with Gasteiger partial charge in [-0.3, -0.25) is 0 Å². The lowest BCUT2D eigenvalue weighted by atomic mass is 9.92. The summed E-state index contributed by atoms with van der Waals surface area (Å²) in [4.78, 5) is 0. The Morgan fingerprint density at radius 3 is 2.52 bits per heavy atom. The lowest BCUT2D eigenvalue weighted by molar-refractivity contribution is 0.386. The van der Waals surface area contributed by atoms with Crippen molar-refractivity contribution in [2.24, 2.45) is 0 Å². The Morgan fingerprint density at radius 1 is 1.14 bits per heavy atom. The lowest BCUT2D eigenvalue weighted by Crippen LogP contribution is -2.17. The van der Waals surface area contributed by atoms with Gasteiger partial charge in [0.15, 0.2) is 11.6 Å². The molecule has 2 aromatic carbocycles. The van der Waals surface area contributed by atoms with Crippen LogP contribution < -0.4 is 10.1 Å². The Kier molecular flexibility index (Phi) is 5.76. The molecule has 2 aromatic rings. The second kappa shape index (κ2) is 7.79. The van der Waals surface area contributed by atoms with Gasteiger partial charge in [0.05, 0.1) is 7.11 Å². The lowest BCUT2D eigenvalue weighted by Gasteiger charge is -2.17. The molecule has 0 aromatic heterocycles. The van der Waals surface area contributed by atoms with E-state index in [0.29, 0.717) is 11.7 Å². The van der Waals surface area contributed by atoms with Gasteiger partial charge in [-0.15, -0.1) is 0 Å². The molecule has 1 N–H and O–H groups in total. The van der Waals surface area contributed by atoms with Crippen molar-refractivity contribution < 1.29 is 9.13 Å². The minimum absolute atomic E-state index is 0.292. The molecule has 0 radical (unpaired) electrons. The van der Waals surface area contributed by atoms with Crippen LogP contribution in [0.4, 0.5) is 4.39 Å². The Hall–Kier alpha value is -1.87. The number of nitrogens with one attached hydrogen (secondary N) is 1. The quantitative estimate of drug-likeness (QED) is 0.837. The number of hydrogen-bond acceptors (Lipinski definition) is 2. The Morgan fingerprint density at radius 2 is 1.90 bits per heavy atom. The van der Waals surface area contributed by atoms with Gasteiger partial charge >= 0.3 is 0 Å². The summed E-state index contributed by atoms with van der Waals surface area (Å²) in [5.41, 5.74) is 2.33. The van der Waals surface area contributed by atoms with Crippen molar-refractivity contribution in [1.29, 1.82) is 0 Å². The summed E-state index contributed by atoms with van der Waals surface area (Å²) in [5.74, 6) is 0.440. The van der Waals surface area contributed by atoms with Gasteiger partial charge in [0.25, 0.3) is 0 Å². The van der Waals surface area contributed by atoms with E-state index in [-0.39, 0.29) is 5.82 Å². The van der Waals surface area contributed by atoms with Gasteiger partial charge in [-0.2, -0.15) is 0 Å². The first-order valence-corrected chi connectivity index (χ1v) is 7.26. The van der Waals surface area contributed by atoms with E-state index < -0.39 is 0 Å². The standard InChI is InChI=1S/C18H22FNO/c1-20-13-16(15-6-4-3-5-7-15)10-8-14-9-11-18(21-2)17(19)12-14/h3-7,9,11-12,16,20H,8,10,13H2,1-2H3. The zero-order chi connectivity index (χ0) is 15.1. The molecule has 3 heteroatoms. The van der Waals surface area contributed by atoms with Gasteiger partial charge in [0.2, 0.25) is 0 Å². The number of methoxy groups -OCH3 is 1. The van der Waals surface area contributed by atoms with Crippen molar-refractivity contribution in [3.63, 3.8) is 0 Å². The van der Waals surface area contributed by atoms with Crippen LogP contribution in [0, 0.1) is 5.82 Å². The molecule has 1 atom stereocenters. The van der Waals surface area contributed by atoms with Crippen LogP contribution in [0.3, 0.4) is 0 Å². The Bertz CT molecular complexity index is 556. The number of aryl methyl sites for hydroxylation is 1. The molecule has 2 rings (SSSR count). The van der Waals surface area contributed by atoms with Crippen LogP contribution in [-0.2, 0) is 6.42 Å². The van der Waals surface area contributed by atoms with Crippen LogP contribution in [0.5, 0.6) is 5.75 Å². The maximum absolute atomic E-state index is 13.7. The van der Waals surface area contributed by atoms with Gasteiger partial charge < -0.3 is 10.1 Å². The number of likely N-dealkylation sites (N-methyl/N-ethyl adjacent to an activating group) is 1. The Labute approximate surface area is 126 Å². The van der Waals surface area contributed by atoms with Crippen molar-refractivity contribution >= 4 is 0 Å². The summed E-state index contributed by atoms with van der Waals surface area (Å²) in [6.45, 7) is 0.919. The predicted molar refractivity (Wildman–Crippen MR) is 84.4 cm³/mol. The van der Waals surface area contributed by atoms with Gasteiger partial charge in [-0.05, 0) is 49.1 Å². The van der Waals surface area contributed by atoms with E-state index in [2.05, 4.69) is 29.6 Å². The molecule has 0 aliphatic carbocycles. The van der Waals surface area contributed by atoms with Crippen LogP contribution in [0.25, 0.3) is 0 Å². The number of benzene rings is 2. The molecule has 0 fully saturated rings. The van der Waals surface area contributed by atoms with Crippen LogP contribution in [-0.4, -0.2) is 20.7 Å². The average Bonchev–Trinajstić information content (AvgIpc) is 2.52. The smallest absolute Gasteiger partial charge is 0.165 e. The van der Waals surface area contributed by atoms with E-state index in [4.69, 9.17) is 4.74 Å². The van der Waals surface area contributed by atoms with Crippen LogP contribution in [0.1, 0.15) is 23.5 Å². The summed E-state index contributed by atoms with van der Waals surface area (Å²) in [5, 5.41) is 3.24. The Balaban J connectivity index is 2.03. The summed E-state index contributed by atoms with van der Waals surface area (Å²) in [7, 11) is 3.44. The number of ether oxygens (including phenoxy) is 1. The summed E-state index contributed by atoms with van der Waals surface area (Å²) < 4.78 is 18.7. The van der Waals surface area contributed by atoms with E-state index in [0.717, 1.165) is 24.9 Å². The fraction of sp³-hybridized carbons (Fsp3) is 0.333. The van der Waals surface area contributed by atoms with Crippen LogP contribution >= 0.6 is 0 Å². The first kappa shape index (κ1) is 15.5. The normalized spacial score (nSPS) is 12.1. The summed E-state index contributed by atoms with van der Waals surface area (Å²) in [6, 6.07) is 15.6. The van der Waals surface area contributed by atoms with Gasteiger partial charge in [0.1, 0.15) is 0 Å². The molecule has 0 spiro atoms. The molecule has 2 nitrogen and oxygen atoms in total. The average molecular weight is 287 g/mol. The van der Waals surface area contributed by atoms with E-state index in [1.165, 1.54) is 12.7 Å². The highest BCUT2D eigenvalue weighted by Gasteiger charge is 2.11. The molecule has 0 bridgehead atoms. The third kappa shape index (κ3) is 4.30. The topological polar surface area (TPSA) is 21.3 Å². The molecule has 0 aliphatic rings. The van der Waals surface area contributed by atoms with E-state index in [9.17, 15) is 4.39 Å². The zero-order valence-corrected chi connectivity index (χ0v) is 12.6. The number of rotatable bonds is 7. The highest BCUT2D eigenvalue weighted by molar-refractivity contribution is 5.29. The second-order valence-corrected chi connectivity index (χ2v) is 5.17. The summed E-state index contributed by atoms with van der Waals surface area (Å²) >= 11 is 0. The highest BCUT2D eigenvalue weighted by atomic mass is 19.1. The van der Waals surface area contributed by atoms with Gasteiger partial charge in [-0.1, -0.05) is 36.4 Å². The molecule has 0 amide bonds. The van der Waals surface area contributed by atoms with Crippen molar-refractivity contribution in [3.05, 3.63) is 65.5 Å². The van der Waals surface area contributed by atoms with Crippen LogP contribution in [0.2, 0.25) is 0 Å². The fourth-order valence-corrected chi connectivity index (χ4v) is 2.56. The van der Waals surface area contributed by atoms with Gasteiger partial charge in [0, 0.05) is 6.54 Å². The largest absolute Gasteiger partial charge is 0.494 e. The molecule has 0 saturated carbocycles. The predicted octanol–water partition coefficient (Wildman–Crippen LogP) is 3.77. The number of hydrogen-bond donors (Lipinski definition) is 1.